The summed E-state index contributed by atoms with van der Waals surface area (Å²) in [6.07, 6.45) is 6.19. The Labute approximate surface area is 108 Å². The highest BCUT2D eigenvalue weighted by atomic mass is 19.1. The Hall–Kier alpha value is -1.00. The number of hydrogen-bond acceptors (Lipinski definition) is 2. The molecule has 0 fully saturated rings. The standard InChI is InChI=1S/C14H22F2N2/c1-2-3-4-5-6-10-13(18-17)14-11(15)8-7-9-12(14)16/h7-9,13,18H,2-6,10,17H2,1H3. The third-order valence-electron chi connectivity index (χ3n) is 3.15. The molecule has 1 unspecified atom stereocenters. The molecule has 18 heavy (non-hydrogen) atoms. The van der Waals surface area contributed by atoms with E-state index in [1.807, 2.05) is 0 Å². The van der Waals surface area contributed by atoms with Crippen molar-refractivity contribution in [1.82, 2.24) is 5.43 Å². The molecule has 0 aliphatic rings. The number of nitrogens with one attached hydrogen (secondary N) is 1. The van der Waals surface area contributed by atoms with Gasteiger partial charge in [0.05, 0.1) is 6.04 Å². The second kappa shape index (κ2) is 8.16. The fourth-order valence-corrected chi connectivity index (χ4v) is 2.11. The molecule has 0 aliphatic heterocycles. The molecule has 0 saturated heterocycles. The zero-order valence-corrected chi connectivity index (χ0v) is 10.9. The average molecular weight is 256 g/mol. The Morgan fingerprint density at radius 2 is 1.72 bits per heavy atom. The highest BCUT2D eigenvalue weighted by molar-refractivity contribution is 5.23. The molecule has 0 spiro atoms. The molecule has 0 saturated carbocycles. The first-order valence-corrected chi connectivity index (χ1v) is 6.60. The maximum Gasteiger partial charge on any atom is 0.130 e. The minimum absolute atomic E-state index is 0.0514. The maximum absolute atomic E-state index is 13.6. The topological polar surface area (TPSA) is 38.0 Å². The van der Waals surface area contributed by atoms with E-state index < -0.39 is 17.7 Å². The number of benzene rings is 1. The molecule has 0 amide bonds. The summed E-state index contributed by atoms with van der Waals surface area (Å²) < 4.78 is 27.2. The van der Waals surface area contributed by atoms with Gasteiger partial charge in [0.25, 0.3) is 0 Å². The normalized spacial score (nSPS) is 12.7. The van der Waals surface area contributed by atoms with Crippen molar-refractivity contribution in [2.75, 3.05) is 0 Å². The van der Waals surface area contributed by atoms with Crippen molar-refractivity contribution in [1.29, 1.82) is 0 Å². The summed E-state index contributed by atoms with van der Waals surface area (Å²) in [4.78, 5) is 0. The molecule has 3 N–H and O–H groups in total. The first kappa shape index (κ1) is 15.1. The van der Waals surface area contributed by atoms with Gasteiger partial charge in [-0.2, -0.15) is 0 Å². The monoisotopic (exact) mass is 256 g/mol. The van der Waals surface area contributed by atoms with Gasteiger partial charge in [0.1, 0.15) is 11.6 Å². The van der Waals surface area contributed by atoms with E-state index in [1.165, 1.54) is 31.0 Å². The number of nitrogens with two attached hydrogens (primary N) is 1. The minimum atomic E-state index is -0.536. The minimum Gasteiger partial charge on any atom is -0.271 e. The molecule has 0 heterocycles. The van der Waals surface area contributed by atoms with E-state index in [9.17, 15) is 8.78 Å². The summed E-state index contributed by atoms with van der Waals surface area (Å²) >= 11 is 0. The summed E-state index contributed by atoms with van der Waals surface area (Å²) in [5, 5.41) is 0. The lowest BCUT2D eigenvalue weighted by Gasteiger charge is -2.17. The fraction of sp³-hybridized carbons (Fsp3) is 0.571. The predicted octanol–water partition coefficient (Wildman–Crippen LogP) is 3.83. The lowest BCUT2D eigenvalue weighted by atomic mass is 9.99. The van der Waals surface area contributed by atoms with Gasteiger partial charge in [-0.1, -0.05) is 45.1 Å². The smallest absolute Gasteiger partial charge is 0.130 e. The van der Waals surface area contributed by atoms with Crippen LogP contribution in [0.2, 0.25) is 0 Å². The second-order valence-electron chi connectivity index (χ2n) is 4.56. The highest BCUT2D eigenvalue weighted by Crippen LogP contribution is 2.24. The van der Waals surface area contributed by atoms with E-state index in [1.54, 1.807) is 0 Å². The Balaban J connectivity index is 2.55. The van der Waals surface area contributed by atoms with Crippen molar-refractivity contribution >= 4 is 0 Å². The summed E-state index contributed by atoms with van der Waals surface area (Å²) in [7, 11) is 0. The predicted molar refractivity (Wildman–Crippen MR) is 69.8 cm³/mol. The second-order valence-corrected chi connectivity index (χ2v) is 4.56. The van der Waals surface area contributed by atoms with Crippen molar-refractivity contribution in [3.05, 3.63) is 35.4 Å². The van der Waals surface area contributed by atoms with Crippen molar-refractivity contribution in [3.63, 3.8) is 0 Å². The lowest BCUT2D eigenvalue weighted by Crippen LogP contribution is -2.29. The van der Waals surface area contributed by atoms with Gasteiger partial charge in [0.2, 0.25) is 0 Å². The zero-order valence-electron chi connectivity index (χ0n) is 10.9. The van der Waals surface area contributed by atoms with Gasteiger partial charge in [-0.25, -0.2) is 8.78 Å². The Morgan fingerprint density at radius 3 is 2.28 bits per heavy atom. The molecular formula is C14H22F2N2. The van der Waals surface area contributed by atoms with E-state index in [2.05, 4.69) is 12.3 Å². The third kappa shape index (κ3) is 4.35. The molecule has 4 heteroatoms. The molecule has 0 aliphatic carbocycles. The van der Waals surface area contributed by atoms with Crippen LogP contribution in [0, 0.1) is 11.6 Å². The van der Waals surface area contributed by atoms with Crippen LogP contribution < -0.4 is 11.3 Å². The van der Waals surface area contributed by atoms with Crippen molar-refractivity contribution in [2.45, 2.75) is 51.5 Å². The first-order chi connectivity index (χ1) is 8.70. The van der Waals surface area contributed by atoms with Crippen LogP contribution in [0.25, 0.3) is 0 Å². The van der Waals surface area contributed by atoms with Gasteiger partial charge in [-0.3, -0.25) is 11.3 Å². The fourth-order valence-electron chi connectivity index (χ4n) is 2.11. The Kier molecular flexibility index (Phi) is 6.83. The highest BCUT2D eigenvalue weighted by Gasteiger charge is 2.18. The number of halogens is 2. The van der Waals surface area contributed by atoms with E-state index in [-0.39, 0.29) is 5.56 Å². The van der Waals surface area contributed by atoms with Crippen LogP contribution in [0.4, 0.5) is 8.78 Å². The number of hydrazine groups is 1. The summed E-state index contributed by atoms with van der Waals surface area (Å²) in [6, 6.07) is 3.44. The number of rotatable bonds is 8. The van der Waals surface area contributed by atoms with Crippen LogP contribution in [0.1, 0.15) is 57.1 Å². The van der Waals surface area contributed by atoms with Gasteiger partial charge < -0.3 is 0 Å². The van der Waals surface area contributed by atoms with Gasteiger partial charge in [0, 0.05) is 5.56 Å². The van der Waals surface area contributed by atoms with Crippen LogP contribution >= 0.6 is 0 Å². The molecule has 102 valence electrons. The maximum atomic E-state index is 13.6. The SMILES string of the molecule is CCCCCCCC(NN)c1c(F)cccc1F. The molecule has 2 nitrogen and oxygen atoms in total. The van der Waals surface area contributed by atoms with Gasteiger partial charge in [0.15, 0.2) is 0 Å². The Morgan fingerprint density at radius 1 is 1.11 bits per heavy atom. The quantitative estimate of drug-likeness (QED) is 0.421. The summed E-state index contributed by atoms with van der Waals surface area (Å²) in [5.41, 5.74) is 2.56. The number of unbranched alkanes of at least 4 members (excludes halogenated alkanes) is 4. The molecule has 0 bridgehead atoms. The van der Waals surface area contributed by atoms with E-state index in [4.69, 9.17) is 5.84 Å². The molecular weight excluding hydrogens is 234 g/mol. The number of hydrogen-bond donors (Lipinski definition) is 2. The molecule has 1 aromatic carbocycles. The van der Waals surface area contributed by atoms with Gasteiger partial charge in [-0.05, 0) is 18.6 Å². The van der Waals surface area contributed by atoms with E-state index in [0.29, 0.717) is 6.42 Å². The van der Waals surface area contributed by atoms with Crippen LogP contribution in [-0.2, 0) is 0 Å². The van der Waals surface area contributed by atoms with Crippen LogP contribution in [0.15, 0.2) is 18.2 Å². The van der Waals surface area contributed by atoms with Crippen LogP contribution in [0.3, 0.4) is 0 Å². The van der Waals surface area contributed by atoms with Crippen LogP contribution in [0.5, 0.6) is 0 Å². The molecule has 1 atom stereocenters. The summed E-state index contributed by atoms with van der Waals surface area (Å²) in [5.74, 6) is 4.33. The van der Waals surface area contributed by atoms with E-state index >= 15 is 0 Å². The molecule has 1 aromatic rings. The van der Waals surface area contributed by atoms with Gasteiger partial charge in [-0.15, -0.1) is 0 Å². The van der Waals surface area contributed by atoms with Crippen LogP contribution in [-0.4, -0.2) is 0 Å². The van der Waals surface area contributed by atoms with Crippen molar-refractivity contribution in [3.8, 4) is 0 Å². The first-order valence-electron chi connectivity index (χ1n) is 6.60. The average Bonchev–Trinajstić information content (AvgIpc) is 2.36. The van der Waals surface area contributed by atoms with Crippen molar-refractivity contribution < 1.29 is 8.78 Å². The molecule has 1 rings (SSSR count). The van der Waals surface area contributed by atoms with E-state index in [0.717, 1.165) is 19.3 Å². The van der Waals surface area contributed by atoms with Crippen molar-refractivity contribution in [2.24, 2.45) is 5.84 Å². The zero-order chi connectivity index (χ0) is 13.4. The van der Waals surface area contributed by atoms with Gasteiger partial charge >= 0.3 is 0 Å². The lowest BCUT2D eigenvalue weighted by molar-refractivity contribution is 0.435. The third-order valence-corrected chi connectivity index (χ3v) is 3.15. The summed E-state index contributed by atoms with van der Waals surface area (Å²) in [6.45, 7) is 2.15. The largest absolute Gasteiger partial charge is 0.271 e. The Bertz CT molecular complexity index is 335. The molecule has 0 aromatic heterocycles. The molecule has 0 radical (unpaired) electrons.